The second-order valence-electron chi connectivity index (χ2n) is 7.16. The number of benzene rings is 1. The van der Waals surface area contributed by atoms with E-state index in [0.29, 0.717) is 18.7 Å². The quantitative estimate of drug-likeness (QED) is 0.679. The Kier molecular flexibility index (Phi) is 5.32. The predicted octanol–water partition coefficient (Wildman–Crippen LogP) is 4.88. The Bertz CT molecular complexity index is 1140. The van der Waals surface area contributed by atoms with Crippen molar-refractivity contribution in [2.24, 2.45) is 0 Å². The number of nitrogens with one attached hydrogen (secondary N) is 1. The third-order valence-electron chi connectivity index (χ3n) is 5.15. The van der Waals surface area contributed by atoms with Crippen molar-refractivity contribution >= 4 is 39.0 Å². The SMILES string of the molecule is CC1=C(S(=O)(=O)N2CCCC2)C(c2ccc(Cl)c(Cl)c2)n2nc(C(F)(F)F)cc2N1. The number of aromatic nitrogens is 2. The Balaban J connectivity index is 1.93. The first kappa shape index (κ1) is 21.5. The minimum absolute atomic E-state index is 0.0382. The molecule has 30 heavy (non-hydrogen) atoms. The monoisotopic (exact) mass is 480 g/mol. The molecule has 1 aromatic heterocycles. The van der Waals surface area contributed by atoms with E-state index in [1.807, 2.05) is 0 Å². The molecule has 1 aromatic carbocycles. The number of sulfonamides is 1. The van der Waals surface area contributed by atoms with Gasteiger partial charge in [0.05, 0.1) is 10.0 Å². The normalized spacial score (nSPS) is 20.4. The van der Waals surface area contributed by atoms with Gasteiger partial charge >= 0.3 is 6.18 Å². The zero-order valence-electron chi connectivity index (χ0n) is 15.7. The first-order chi connectivity index (χ1) is 14.0. The van der Waals surface area contributed by atoms with Gasteiger partial charge < -0.3 is 5.32 Å². The van der Waals surface area contributed by atoms with Gasteiger partial charge in [-0.1, -0.05) is 29.3 Å². The molecule has 6 nitrogen and oxygen atoms in total. The second kappa shape index (κ2) is 7.44. The fraction of sp³-hybridized carbons (Fsp3) is 0.389. The average Bonchev–Trinajstić information content (AvgIpc) is 3.32. The molecule has 1 atom stereocenters. The molecular formula is C18H17Cl2F3N4O2S. The number of hydrogen-bond acceptors (Lipinski definition) is 4. The molecule has 4 rings (SSSR count). The Morgan fingerprint density at radius 1 is 1.13 bits per heavy atom. The zero-order valence-corrected chi connectivity index (χ0v) is 18.0. The van der Waals surface area contributed by atoms with Gasteiger partial charge in [-0.05, 0) is 37.5 Å². The summed E-state index contributed by atoms with van der Waals surface area (Å²) in [5, 5.41) is 6.87. The number of rotatable bonds is 3. The maximum atomic E-state index is 13.5. The average molecular weight is 481 g/mol. The van der Waals surface area contributed by atoms with Crippen molar-refractivity contribution in [2.45, 2.75) is 32.0 Å². The van der Waals surface area contributed by atoms with Crippen molar-refractivity contribution in [2.75, 3.05) is 18.4 Å². The van der Waals surface area contributed by atoms with Crippen molar-refractivity contribution in [3.05, 3.63) is 56.2 Å². The fourth-order valence-corrected chi connectivity index (χ4v) is 6.05. The lowest BCUT2D eigenvalue weighted by Crippen LogP contribution is -2.36. The number of alkyl halides is 3. The van der Waals surface area contributed by atoms with Gasteiger partial charge in [0, 0.05) is 24.9 Å². The van der Waals surface area contributed by atoms with E-state index >= 15 is 0 Å². The molecule has 0 amide bonds. The summed E-state index contributed by atoms with van der Waals surface area (Å²) < 4.78 is 69.2. The first-order valence-corrected chi connectivity index (χ1v) is 11.3. The summed E-state index contributed by atoms with van der Waals surface area (Å²) in [5.41, 5.74) is -0.525. The molecule has 0 aliphatic carbocycles. The summed E-state index contributed by atoms with van der Waals surface area (Å²) in [4.78, 5) is -0.0629. The van der Waals surface area contributed by atoms with Crippen molar-refractivity contribution in [3.63, 3.8) is 0 Å². The highest BCUT2D eigenvalue weighted by Gasteiger charge is 2.43. The molecule has 0 spiro atoms. The molecule has 1 fully saturated rings. The van der Waals surface area contributed by atoms with Gasteiger partial charge in [0.15, 0.2) is 5.69 Å². The van der Waals surface area contributed by atoms with E-state index in [1.54, 1.807) is 0 Å². The lowest BCUT2D eigenvalue weighted by atomic mass is 10.0. The summed E-state index contributed by atoms with van der Waals surface area (Å²) in [6.45, 7) is 2.23. The van der Waals surface area contributed by atoms with Gasteiger partial charge in [-0.15, -0.1) is 0 Å². The predicted molar refractivity (Wildman–Crippen MR) is 108 cm³/mol. The van der Waals surface area contributed by atoms with Crippen molar-refractivity contribution in [1.29, 1.82) is 0 Å². The van der Waals surface area contributed by atoms with E-state index in [1.165, 1.54) is 29.4 Å². The second-order valence-corrected chi connectivity index (χ2v) is 9.88. The maximum Gasteiger partial charge on any atom is 0.435 e. The molecule has 2 aliphatic rings. The van der Waals surface area contributed by atoms with Crippen molar-refractivity contribution < 1.29 is 21.6 Å². The summed E-state index contributed by atoms with van der Waals surface area (Å²) in [6, 6.07) is 4.19. The lowest BCUT2D eigenvalue weighted by molar-refractivity contribution is -0.141. The van der Waals surface area contributed by atoms with Gasteiger partial charge in [-0.3, -0.25) is 0 Å². The van der Waals surface area contributed by atoms with E-state index in [9.17, 15) is 21.6 Å². The number of allylic oxidation sites excluding steroid dienone is 2. The topological polar surface area (TPSA) is 67.2 Å². The molecule has 2 aromatic rings. The zero-order chi connectivity index (χ0) is 21.8. The van der Waals surface area contributed by atoms with Crippen LogP contribution < -0.4 is 5.32 Å². The van der Waals surface area contributed by atoms with E-state index in [-0.39, 0.29) is 26.5 Å². The summed E-state index contributed by atoms with van der Waals surface area (Å²) >= 11 is 12.1. The van der Waals surface area contributed by atoms with Gasteiger partial charge in [0.2, 0.25) is 10.0 Å². The maximum absolute atomic E-state index is 13.5. The number of fused-ring (bicyclic) bond motifs is 1. The largest absolute Gasteiger partial charge is 0.435 e. The van der Waals surface area contributed by atoms with E-state index in [0.717, 1.165) is 23.6 Å². The molecular weight excluding hydrogens is 464 g/mol. The van der Waals surface area contributed by atoms with Gasteiger partial charge in [-0.25, -0.2) is 13.1 Å². The number of halogens is 5. The Morgan fingerprint density at radius 3 is 2.40 bits per heavy atom. The van der Waals surface area contributed by atoms with Crippen LogP contribution in [-0.2, 0) is 16.2 Å². The molecule has 2 aliphatic heterocycles. The minimum Gasteiger partial charge on any atom is -0.343 e. The Labute approximate surface area is 181 Å². The smallest absolute Gasteiger partial charge is 0.343 e. The molecule has 12 heteroatoms. The van der Waals surface area contributed by atoms with Crippen LogP contribution in [0.1, 0.15) is 37.1 Å². The highest BCUT2D eigenvalue weighted by atomic mass is 35.5. The Hall–Kier alpha value is -1.75. The van der Waals surface area contributed by atoms with Crippen LogP contribution in [0, 0.1) is 0 Å². The van der Waals surface area contributed by atoms with Crippen LogP contribution >= 0.6 is 23.2 Å². The van der Waals surface area contributed by atoms with Crippen LogP contribution in [0.3, 0.4) is 0 Å². The van der Waals surface area contributed by atoms with E-state index in [2.05, 4.69) is 10.4 Å². The molecule has 0 saturated carbocycles. The minimum atomic E-state index is -4.68. The lowest BCUT2D eigenvalue weighted by Gasteiger charge is -2.32. The number of anilines is 1. The molecule has 0 bridgehead atoms. The third kappa shape index (κ3) is 3.59. The van der Waals surface area contributed by atoms with Crippen LogP contribution in [-0.4, -0.2) is 35.6 Å². The van der Waals surface area contributed by atoms with Crippen LogP contribution in [0.15, 0.2) is 34.9 Å². The highest BCUT2D eigenvalue weighted by molar-refractivity contribution is 7.93. The summed E-state index contributed by atoms with van der Waals surface area (Å²) in [5.74, 6) is 0.0382. The fourth-order valence-electron chi connectivity index (χ4n) is 3.77. The van der Waals surface area contributed by atoms with Crippen molar-refractivity contribution in [3.8, 4) is 0 Å². The van der Waals surface area contributed by atoms with E-state index < -0.39 is 27.9 Å². The molecule has 162 valence electrons. The molecule has 1 saturated heterocycles. The van der Waals surface area contributed by atoms with Crippen LogP contribution in [0.2, 0.25) is 10.0 Å². The first-order valence-electron chi connectivity index (χ1n) is 9.10. The molecule has 1 N–H and O–H groups in total. The summed E-state index contributed by atoms with van der Waals surface area (Å²) in [6.07, 6.45) is -3.24. The standard InChI is InChI=1S/C18H17Cl2F3N4O2S/c1-10-17(30(28,29)26-6-2-3-7-26)16(11-4-5-12(19)13(20)8-11)27-15(24-10)9-14(25-27)18(21,22)23/h4-5,8-9,16,24H,2-3,6-7H2,1H3. The van der Waals surface area contributed by atoms with Gasteiger partial charge in [-0.2, -0.15) is 22.6 Å². The highest BCUT2D eigenvalue weighted by Crippen LogP contribution is 2.43. The number of nitrogens with zero attached hydrogens (tertiary/aromatic N) is 3. The summed E-state index contributed by atoms with van der Waals surface area (Å²) in [7, 11) is -3.97. The van der Waals surface area contributed by atoms with Crippen LogP contribution in [0.4, 0.5) is 19.0 Å². The van der Waals surface area contributed by atoms with Gasteiger partial charge in [0.25, 0.3) is 0 Å². The van der Waals surface area contributed by atoms with E-state index in [4.69, 9.17) is 23.2 Å². The van der Waals surface area contributed by atoms with Crippen LogP contribution in [0.25, 0.3) is 0 Å². The third-order valence-corrected chi connectivity index (χ3v) is 8.02. The Morgan fingerprint density at radius 2 is 1.80 bits per heavy atom. The molecule has 1 unspecified atom stereocenters. The number of hydrogen-bond donors (Lipinski definition) is 1. The molecule has 0 radical (unpaired) electrons. The van der Waals surface area contributed by atoms with Crippen molar-refractivity contribution in [1.82, 2.24) is 14.1 Å². The van der Waals surface area contributed by atoms with Gasteiger partial charge in [0.1, 0.15) is 16.8 Å². The molecule has 3 heterocycles. The van der Waals surface area contributed by atoms with Crippen LogP contribution in [0.5, 0.6) is 0 Å².